The number of nitro groups is 2. The van der Waals surface area contributed by atoms with Crippen molar-refractivity contribution in [2.24, 2.45) is 0 Å². The normalized spacial score (nSPS) is 13.7. The number of benzene rings is 3. The van der Waals surface area contributed by atoms with Crippen molar-refractivity contribution in [2.45, 2.75) is 37.1 Å². The van der Waals surface area contributed by atoms with Crippen LogP contribution in [-0.2, 0) is 11.3 Å². The summed E-state index contributed by atoms with van der Waals surface area (Å²) in [5, 5.41) is 33.8. The third kappa shape index (κ3) is 6.67. The van der Waals surface area contributed by atoms with Crippen LogP contribution in [0.2, 0.25) is 0 Å². The molecule has 5 rings (SSSR count). The number of anilines is 1. The quantitative estimate of drug-likeness (QED) is 0.0781. The van der Waals surface area contributed by atoms with Crippen molar-refractivity contribution in [1.82, 2.24) is 0 Å². The van der Waals surface area contributed by atoms with Gasteiger partial charge in [0.05, 0.1) is 26.6 Å². The summed E-state index contributed by atoms with van der Waals surface area (Å²) < 4.78 is 3.03. The molecule has 0 unspecified atom stereocenters. The number of carboxylic acid groups (broad SMARTS) is 1. The van der Waals surface area contributed by atoms with E-state index in [1.807, 2.05) is 53.1 Å². The molecule has 0 bridgehead atoms. The predicted octanol–water partition coefficient (Wildman–Crippen LogP) is 7.17. The molecule has 12 heteroatoms. The fraction of sp³-hybridized carbons (Fsp3) is 0.200. The number of nitrogens with zero attached hydrogens (tertiary/aromatic N) is 4. The van der Waals surface area contributed by atoms with Crippen LogP contribution in [0.5, 0.6) is 0 Å². The van der Waals surface area contributed by atoms with E-state index in [-0.39, 0.29) is 24.3 Å². The number of unbranched alkanes of at least 4 members (excludes halogenated alkanes) is 2. The molecule has 0 saturated carbocycles. The molecule has 0 saturated heterocycles. The van der Waals surface area contributed by atoms with Crippen LogP contribution < -0.4 is 9.47 Å². The molecule has 42 heavy (non-hydrogen) atoms. The van der Waals surface area contributed by atoms with Crippen molar-refractivity contribution in [2.75, 3.05) is 11.4 Å². The standard InChI is InChI=1S/C30H26N4O6S2/c35-30(36)15-2-1-7-16-31-24-9-3-5-11-26(24)41-28(31)13-8-14-29-32(25-10-4-6-12-27(25)42-29)20-21-17-22(33(37)38)19-23(18-21)34(39)40/h3-6,8-14,17-19H,1-2,7,15-16,20H2/p+1. The molecule has 1 aliphatic rings. The smallest absolute Gasteiger partial charge is 0.303 e. The number of para-hydroxylation sites is 2. The minimum absolute atomic E-state index is 0.176. The van der Waals surface area contributed by atoms with E-state index in [0.717, 1.165) is 56.3 Å². The Hall–Kier alpha value is -4.55. The first kappa shape index (κ1) is 29.0. The van der Waals surface area contributed by atoms with Crippen LogP contribution in [-0.4, -0.2) is 27.5 Å². The number of fused-ring (bicyclic) bond motifs is 2. The van der Waals surface area contributed by atoms with Gasteiger partial charge in [0, 0.05) is 47.7 Å². The molecule has 1 aliphatic heterocycles. The molecule has 1 aromatic heterocycles. The lowest BCUT2D eigenvalue weighted by Crippen LogP contribution is -2.35. The van der Waals surface area contributed by atoms with Gasteiger partial charge in [-0.2, -0.15) is 4.57 Å². The number of carbonyl (C=O) groups is 1. The molecular weight excluding hydrogens is 576 g/mol. The first-order chi connectivity index (χ1) is 20.3. The molecule has 214 valence electrons. The first-order valence-corrected chi connectivity index (χ1v) is 14.9. The number of non-ortho nitro benzene ring substituents is 2. The number of nitro benzene ring substituents is 2. The number of aliphatic carboxylic acids is 1. The van der Waals surface area contributed by atoms with E-state index >= 15 is 0 Å². The summed E-state index contributed by atoms with van der Waals surface area (Å²) in [5.41, 5.74) is 1.89. The maximum absolute atomic E-state index is 11.4. The van der Waals surface area contributed by atoms with Gasteiger partial charge in [0.15, 0.2) is 6.54 Å². The van der Waals surface area contributed by atoms with Crippen LogP contribution in [0.4, 0.5) is 17.1 Å². The van der Waals surface area contributed by atoms with E-state index in [9.17, 15) is 25.0 Å². The van der Waals surface area contributed by atoms with E-state index in [2.05, 4.69) is 23.1 Å². The van der Waals surface area contributed by atoms with Crippen molar-refractivity contribution in [3.8, 4) is 0 Å². The zero-order valence-corrected chi connectivity index (χ0v) is 24.1. The number of allylic oxidation sites excluding steroid dienone is 2. The molecule has 0 fully saturated rings. The third-order valence-corrected chi connectivity index (χ3v) is 9.01. The highest BCUT2D eigenvalue weighted by Crippen LogP contribution is 2.46. The summed E-state index contributed by atoms with van der Waals surface area (Å²) in [5.74, 6) is -0.773. The maximum atomic E-state index is 11.4. The second kappa shape index (κ2) is 13.0. The molecular formula is C30H27N4O6S2+. The number of aromatic nitrogens is 1. The number of carboxylic acids is 1. The van der Waals surface area contributed by atoms with Crippen LogP contribution >= 0.6 is 23.1 Å². The summed E-state index contributed by atoms with van der Waals surface area (Å²) in [6.45, 7) is 1.00. The second-order valence-corrected chi connectivity index (χ2v) is 11.8. The minimum atomic E-state index is -0.773. The summed E-state index contributed by atoms with van der Waals surface area (Å²) >= 11 is 3.25. The average Bonchev–Trinajstić information content (AvgIpc) is 3.50. The molecule has 0 spiro atoms. The molecule has 4 aromatic rings. The maximum Gasteiger partial charge on any atom is 0.303 e. The van der Waals surface area contributed by atoms with Crippen LogP contribution in [0.3, 0.4) is 0 Å². The Labute approximate surface area is 249 Å². The number of hydrogen-bond acceptors (Lipinski definition) is 8. The van der Waals surface area contributed by atoms with E-state index in [0.29, 0.717) is 12.0 Å². The second-order valence-electron chi connectivity index (χ2n) is 9.66. The van der Waals surface area contributed by atoms with Gasteiger partial charge in [-0.15, -0.1) is 0 Å². The van der Waals surface area contributed by atoms with Crippen molar-refractivity contribution < 1.29 is 24.3 Å². The molecule has 2 heterocycles. The zero-order valence-electron chi connectivity index (χ0n) is 22.4. The van der Waals surface area contributed by atoms with Gasteiger partial charge in [-0.3, -0.25) is 25.0 Å². The number of rotatable bonds is 12. The molecule has 0 amide bonds. The van der Waals surface area contributed by atoms with E-state index < -0.39 is 15.8 Å². The summed E-state index contributed by atoms with van der Waals surface area (Å²) in [6, 6.07) is 19.7. The zero-order chi connectivity index (χ0) is 29.6. The molecule has 0 radical (unpaired) electrons. The minimum Gasteiger partial charge on any atom is -0.481 e. The van der Waals surface area contributed by atoms with Gasteiger partial charge in [0.25, 0.3) is 16.4 Å². The Bertz CT molecular complexity index is 1700. The average molecular weight is 604 g/mol. The number of hydrogen-bond donors (Lipinski definition) is 1. The van der Waals surface area contributed by atoms with Gasteiger partial charge in [-0.25, -0.2) is 0 Å². The Balaban J connectivity index is 1.42. The van der Waals surface area contributed by atoms with Gasteiger partial charge >= 0.3 is 5.97 Å². The Kier molecular flexibility index (Phi) is 8.94. The van der Waals surface area contributed by atoms with Crippen molar-refractivity contribution in [1.29, 1.82) is 0 Å². The summed E-state index contributed by atoms with van der Waals surface area (Å²) in [4.78, 5) is 35.9. The van der Waals surface area contributed by atoms with Gasteiger partial charge in [-0.05, 0) is 37.1 Å². The van der Waals surface area contributed by atoms with Crippen molar-refractivity contribution in [3.05, 3.63) is 115 Å². The van der Waals surface area contributed by atoms with Gasteiger partial charge < -0.3 is 10.0 Å². The highest BCUT2D eigenvalue weighted by atomic mass is 32.2. The Morgan fingerprint density at radius 3 is 2.40 bits per heavy atom. The monoisotopic (exact) mass is 603 g/mol. The molecule has 0 atom stereocenters. The summed E-state index contributed by atoms with van der Waals surface area (Å²) in [6.07, 6.45) is 8.53. The molecule has 3 aromatic carbocycles. The van der Waals surface area contributed by atoms with Gasteiger partial charge in [0.2, 0.25) is 5.52 Å². The third-order valence-electron chi connectivity index (χ3n) is 6.75. The lowest BCUT2D eigenvalue weighted by molar-refractivity contribution is -0.659. The summed E-state index contributed by atoms with van der Waals surface area (Å²) in [7, 11) is 0. The SMILES string of the molecule is O=C(O)CCCCCN1/C(=C\C=C\c2sc3ccccc3[n+]2Cc2cc([N+](=O)[O-])cc([N+](=O)[O-])c2)Sc2ccccc21. The highest BCUT2D eigenvalue weighted by molar-refractivity contribution is 8.03. The largest absolute Gasteiger partial charge is 0.481 e. The lowest BCUT2D eigenvalue weighted by Gasteiger charge is -2.20. The fourth-order valence-corrected chi connectivity index (χ4v) is 7.00. The highest BCUT2D eigenvalue weighted by Gasteiger charge is 2.25. The predicted molar refractivity (Wildman–Crippen MR) is 164 cm³/mol. The van der Waals surface area contributed by atoms with Crippen molar-refractivity contribution >= 4 is 62.4 Å². The fourth-order valence-electron chi connectivity index (χ4n) is 4.82. The molecule has 1 N–H and O–H groups in total. The van der Waals surface area contributed by atoms with Crippen LogP contribution in [0, 0.1) is 20.2 Å². The molecule has 10 nitrogen and oxygen atoms in total. The number of thioether (sulfide) groups is 1. The van der Waals surface area contributed by atoms with E-state index in [1.54, 1.807) is 23.1 Å². The Morgan fingerprint density at radius 1 is 0.952 bits per heavy atom. The van der Waals surface area contributed by atoms with Crippen LogP contribution in [0.25, 0.3) is 16.3 Å². The van der Waals surface area contributed by atoms with Gasteiger partial charge in [-0.1, -0.05) is 59.9 Å². The van der Waals surface area contributed by atoms with E-state index in [1.165, 1.54) is 12.1 Å². The van der Waals surface area contributed by atoms with Crippen LogP contribution in [0.1, 0.15) is 36.3 Å². The van der Waals surface area contributed by atoms with Crippen molar-refractivity contribution in [3.63, 3.8) is 0 Å². The molecule has 0 aliphatic carbocycles. The van der Waals surface area contributed by atoms with Gasteiger partial charge in [0.1, 0.15) is 4.70 Å². The number of thiazole rings is 1. The Morgan fingerprint density at radius 2 is 1.67 bits per heavy atom. The first-order valence-electron chi connectivity index (χ1n) is 13.3. The topological polar surface area (TPSA) is 131 Å². The van der Waals surface area contributed by atoms with Crippen LogP contribution in [0.15, 0.2) is 88.8 Å². The van der Waals surface area contributed by atoms with E-state index in [4.69, 9.17) is 5.11 Å². The lowest BCUT2D eigenvalue weighted by atomic mass is 10.1.